The molecule has 1 atom stereocenters. The van der Waals surface area contributed by atoms with Crippen LogP contribution in [0.15, 0.2) is 36.7 Å². The second kappa shape index (κ2) is 10.6. The third-order valence-corrected chi connectivity index (χ3v) is 5.08. The highest BCUT2D eigenvalue weighted by molar-refractivity contribution is 5.83. The molecule has 3 rings (SSSR count). The number of imidazole rings is 1. The maximum Gasteiger partial charge on any atom is 0.408 e. The van der Waals surface area contributed by atoms with E-state index in [0.29, 0.717) is 17.9 Å². The quantitative estimate of drug-likeness (QED) is 0.394. The first-order chi connectivity index (χ1) is 15.5. The van der Waals surface area contributed by atoms with Crippen molar-refractivity contribution in [2.24, 2.45) is 0 Å². The lowest BCUT2D eigenvalue weighted by molar-refractivity contribution is -0.146. The summed E-state index contributed by atoms with van der Waals surface area (Å²) in [5.74, 6) is 0.152. The molecule has 0 fully saturated rings. The zero-order valence-electron chi connectivity index (χ0n) is 20.8. The Labute approximate surface area is 199 Å². The lowest BCUT2D eigenvalue weighted by Crippen LogP contribution is -2.36. The van der Waals surface area contributed by atoms with Crippen molar-refractivity contribution in [3.63, 3.8) is 0 Å². The lowest BCUT2D eigenvalue weighted by Gasteiger charge is -2.23. The Morgan fingerprint density at radius 3 is 2.45 bits per heavy atom. The maximum absolute atomic E-state index is 12.5. The first-order valence-electron chi connectivity index (χ1n) is 11.2. The average molecular weight is 463 g/mol. The number of ether oxygens (including phenoxy) is 2. The molecular weight excluding hydrogens is 420 g/mol. The normalized spacial score (nSPS) is 12.5. The lowest BCUT2D eigenvalue weighted by atomic mass is 9.90. The predicted octanol–water partition coefficient (Wildman–Crippen LogP) is 5.91. The molecule has 0 radical (unpaired) electrons. The summed E-state index contributed by atoms with van der Waals surface area (Å²) in [6, 6.07) is 7.47. The third-order valence-electron chi connectivity index (χ3n) is 5.08. The number of H-pyrrole nitrogens is 2. The van der Waals surface area contributed by atoms with Crippen LogP contribution in [-0.4, -0.2) is 39.7 Å². The van der Waals surface area contributed by atoms with Gasteiger partial charge in [0, 0.05) is 34.0 Å². The topological polar surface area (TPSA) is 109 Å². The largest absolute Gasteiger partial charge is 0.468 e. The van der Waals surface area contributed by atoms with Gasteiger partial charge in [0.25, 0.3) is 0 Å². The Morgan fingerprint density at radius 1 is 1.15 bits per heavy atom. The molecule has 3 N–H and O–H groups in total. The Hall–Kier alpha value is -3.29. The van der Waals surface area contributed by atoms with E-state index in [1.54, 1.807) is 20.0 Å². The number of benzene rings is 1. The fourth-order valence-electron chi connectivity index (χ4n) is 3.38. The van der Waals surface area contributed by atoms with E-state index >= 15 is 0 Å². The van der Waals surface area contributed by atoms with Gasteiger partial charge in [0.05, 0.1) is 18.8 Å². The highest BCUT2D eigenvalue weighted by Gasteiger charge is 2.34. The summed E-state index contributed by atoms with van der Waals surface area (Å²) in [6.45, 7) is 12.9. The number of nitrogens with zero attached hydrogens (tertiary/aromatic N) is 1. The van der Waals surface area contributed by atoms with Gasteiger partial charge in [-0.25, -0.2) is 9.78 Å². The van der Waals surface area contributed by atoms with Crippen LogP contribution in [0.4, 0.5) is 4.79 Å². The summed E-state index contributed by atoms with van der Waals surface area (Å²) < 4.78 is 10.4. The van der Waals surface area contributed by atoms with Crippen LogP contribution in [0, 0.1) is 0 Å². The second-order valence-corrected chi connectivity index (χ2v) is 9.06. The molecule has 1 aromatic carbocycles. The van der Waals surface area contributed by atoms with E-state index in [0.717, 1.165) is 16.5 Å². The zero-order valence-corrected chi connectivity index (χ0v) is 20.8. The number of amides is 1. The number of fused-ring (bicyclic) bond motifs is 1. The Balaban J connectivity index is 0. The number of aromatic nitrogens is 3. The summed E-state index contributed by atoms with van der Waals surface area (Å²) in [5.41, 5.74) is 1.11. The molecule has 1 amide bonds. The molecule has 0 aliphatic heterocycles. The SMILES string of the molecule is CC.COC(=O)C(C)(C)c1cnc([C@H](Cc2c[nH]c3ccccc23)NC(=O)OC(C)(C)C)[nH]1.[HH].[HH].[HH]. The van der Waals surface area contributed by atoms with Crippen molar-refractivity contribution in [2.75, 3.05) is 7.11 Å². The van der Waals surface area contributed by atoms with Crippen LogP contribution in [-0.2, 0) is 26.1 Å². The van der Waals surface area contributed by atoms with E-state index < -0.39 is 23.2 Å². The van der Waals surface area contributed by atoms with E-state index in [9.17, 15) is 9.59 Å². The van der Waals surface area contributed by atoms with Crippen LogP contribution >= 0.6 is 0 Å². The molecule has 0 saturated carbocycles. The number of alkyl carbamates (subject to hydrolysis) is 1. The predicted molar refractivity (Wildman–Crippen MR) is 135 cm³/mol. The summed E-state index contributed by atoms with van der Waals surface area (Å²) >= 11 is 0. The van der Waals surface area contributed by atoms with Crippen LogP contribution in [0.25, 0.3) is 10.9 Å². The fourth-order valence-corrected chi connectivity index (χ4v) is 3.38. The number of hydrogen-bond donors (Lipinski definition) is 3. The van der Waals surface area contributed by atoms with Crippen molar-refractivity contribution >= 4 is 23.0 Å². The number of hydrogen-bond acceptors (Lipinski definition) is 5. The van der Waals surface area contributed by atoms with Crippen molar-refractivity contribution in [2.45, 2.75) is 71.9 Å². The van der Waals surface area contributed by atoms with E-state index in [4.69, 9.17) is 9.47 Å². The van der Waals surface area contributed by atoms with Gasteiger partial charge in [-0.3, -0.25) is 4.79 Å². The summed E-state index contributed by atoms with van der Waals surface area (Å²) in [7, 11) is 1.35. The van der Waals surface area contributed by atoms with Crippen LogP contribution in [0.1, 0.15) is 75.9 Å². The van der Waals surface area contributed by atoms with E-state index in [1.807, 2.05) is 65.1 Å². The van der Waals surface area contributed by atoms with Gasteiger partial charge in [0.2, 0.25) is 0 Å². The molecule has 0 saturated heterocycles. The highest BCUT2D eigenvalue weighted by Crippen LogP contribution is 2.27. The van der Waals surface area contributed by atoms with Gasteiger partial charge >= 0.3 is 12.1 Å². The summed E-state index contributed by atoms with van der Waals surface area (Å²) in [5, 5.41) is 3.99. The molecule has 0 aliphatic rings. The number of carbonyl (C=O) groups excluding carboxylic acids is 2. The zero-order chi connectivity index (χ0) is 24.8. The Kier molecular flexibility index (Phi) is 8.30. The third kappa shape index (κ3) is 6.37. The van der Waals surface area contributed by atoms with Crippen molar-refractivity contribution in [3.8, 4) is 0 Å². The molecule has 8 heteroatoms. The minimum Gasteiger partial charge on any atom is -0.468 e. The Morgan fingerprint density at radius 2 is 1.82 bits per heavy atom. The number of para-hydroxylation sites is 1. The van der Waals surface area contributed by atoms with Gasteiger partial charge < -0.3 is 24.8 Å². The van der Waals surface area contributed by atoms with Crippen LogP contribution < -0.4 is 5.32 Å². The molecule has 2 aromatic heterocycles. The van der Waals surface area contributed by atoms with Gasteiger partial charge in [0.1, 0.15) is 16.8 Å². The summed E-state index contributed by atoms with van der Waals surface area (Å²) in [4.78, 5) is 35.6. The van der Waals surface area contributed by atoms with Gasteiger partial charge in [-0.2, -0.15) is 0 Å². The monoisotopic (exact) mass is 462 g/mol. The summed E-state index contributed by atoms with van der Waals surface area (Å²) in [6.07, 6.45) is 3.47. The molecule has 3 aromatic rings. The standard InChI is InChI=1S/C23H30N4O4.C2H6.3H2/c1-22(2,3)31-21(29)26-17(11-14-12-24-16-10-8-7-9-15(14)16)19-25-13-18(27-19)23(4,5)20(28)30-6;1-2;;;/h7-10,12-13,17,24H,11H2,1-6H3,(H,25,27)(H,26,29);1-2H3;3*1H/t17-;;;;/m0..../s1. The molecule has 0 spiro atoms. The molecule has 8 nitrogen and oxygen atoms in total. The number of aromatic amines is 2. The van der Waals surface area contributed by atoms with E-state index in [1.165, 1.54) is 7.11 Å². The van der Waals surface area contributed by atoms with E-state index in [-0.39, 0.29) is 10.2 Å². The van der Waals surface area contributed by atoms with Crippen molar-refractivity contribution < 1.29 is 23.3 Å². The fraction of sp³-hybridized carbons (Fsp3) is 0.480. The van der Waals surface area contributed by atoms with Gasteiger partial charge in [-0.1, -0.05) is 32.0 Å². The molecule has 33 heavy (non-hydrogen) atoms. The first kappa shape index (κ1) is 26.0. The van der Waals surface area contributed by atoms with Gasteiger partial charge in [-0.05, 0) is 46.2 Å². The van der Waals surface area contributed by atoms with Crippen LogP contribution in [0.3, 0.4) is 0 Å². The minimum atomic E-state index is -0.906. The van der Waals surface area contributed by atoms with Gasteiger partial charge in [-0.15, -0.1) is 0 Å². The number of nitrogens with one attached hydrogen (secondary N) is 3. The first-order valence-corrected chi connectivity index (χ1v) is 11.2. The number of esters is 1. The molecule has 0 aliphatic carbocycles. The van der Waals surface area contributed by atoms with Crippen LogP contribution in [0.2, 0.25) is 0 Å². The smallest absolute Gasteiger partial charge is 0.408 e. The molecule has 2 heterocycles. The van der Waals surface area contributed by atoms with Crippen LogP contribution in [0.5, 0.6) is 0 Å². The number of carbonyl (C=O) groups is 2. The molecule has 186 valence electrons. The minimum absolute atomic E-state index is 0. The average Bonchev–Trinajstić information content (AvgIpc) is 3.41. The molecule has 0 unspecified atom stereocenters. The van der Waals surface area contributed by atoms with Crippen molar-refractivity contribution in [1.82, 2.24) is 20.3 Å². The maximum atomic E-state index is 12.5. The van der Waals surface area contributed by atoms with E-state index in [2.05, 4.69) is 20.3 Å². The second-order valence-electron chi connectivity index (χ2n) is 9.06. The molecule has 0 bridgehead atoms. The Bertz CT molecular complexity index is 1090. The number of rotatable bonds is 6. The highest BCUT2D eigenvalue weighted by atomic mass is 16.6. The number of methoxy groups -OCH3 is 1. The van der Waals surface area contributed by atoms with Gasteiger partial charge in [0.15, 0.2) is 0 Å². The molecular formula is C25H42N4O4. The van der Waals surface area contributed by atoms with Crippen molar-refractivity contribution in [3.05, 3.63) is 53.7 Å². The van der Waals surface area contributed by atoms with Crippen molar-refractivity contribution in [1.29, 1.82) is 0 Å².